The maximum atomic E-state index is 12.4. The van der Waals surface area contributed by atoms with Crippen LogP contribution in [0.5, 0.6) is 0 Å². The third-order valence-electron chi connectivity index (χ3n) is 4.68. The summed E-state index contributed by atoms with van der Waals surface area (Å²) in [7, 11) is 0. The summed E-state index contributed by atoms with van der Waals surface area (Å²) < 4.78 is 7.46. The molecule has 0 radical (unpaired) electrons. The Hall–Kier alpha value is -3.02. The Kier molecular flexibility index (Phi) is 5.58. The van der Waals surface area contributed by atoms with E-state index in [9.17, 15) is 4.79 Å². The highest BCUT2D eigenvalue weighted by atomic mass is 16.3. The van der Waals surface area contributed by atoms with Gasteiger partial charge in [-0.2, -0.15) is 5.10 Å². The molecule has 3 aromatic rings. The summed E-state index contributed by atoms with van der Waals surface area (Å²) in [5, 5.41) is 10.4. The second-order valence-corrected chi connectivity index (χ2v) is 8.07. The lowest BCUT2D eigenvalue weighted by molar-refractivity contribution is 0.249. The molecule has 148 valence electrons. The molecular formula is C22H28N4O2. The van der Waals surface area contributed by atoms with E-state index in [4.69, 9.17) is 4.42 Å². The molecule has 1 atom stereocenters. The maximum Gasteiger partial charge on any atom is 0.319 e. The molecule has 2 amide bonds. The number of anilines is 1. The minimum absolute atomic E-state index is 0.0802. The summed E-state index contributed by atoms with van der Waals surface area (Å²) in [6, 6.07) is 13.2. The van der Waals surface area contributed by atoms with Crippen molar-refractivity contribution in [2.75, 3.05) is 11.9 Å². The quantitative estimate of drug-likeness (QED) is 0.668. The zero-order chi connectivity index (χ0) is 20.3. The predicted octanol–water partition coefficient (Wildman–Crippen LogP) is 4.80. The van der Waals surface area contributed by atoms with Gasteiger partial charge in [0.2, 0.25) is 0 Å². The molecule has 3 rings (SSSR count). The maximum absolute atomic E-state index is 12.4. The van der Waals surface area contributed by atoms with Gasteiger partial charge in [0.25, 0.3) is 0 Å². The molecule has 0 saturated carbocycles. The van der Waals surface area contributed by atoms with Gasteiger partial charge < -0.3 is 15.1 Å². The molecule has 1 unspecified atom stereocenters. The van der Waals surface area contributed by atoms with Crippen molar-refractivity contribution < 1.29 is 9.21 Å². The average molecular weight is 380 g/mol. The Morgan fingerprint density at radius 2 is 1.89 bits per heavy atom. The van der Waals surface area contributed by atoms with E-state index < -0.39 is 0 Å². The minimum atomic E-state index is -0.262. The lowest BCUT2D eigenvalue weighted by atomic mass is 9.87. The Bertz CT molecular complexity index is 919. The third-order valence-corrected chi connectivity index (χ3v) is 4.68. The van der Waals surface area contributed by atoms with Crippen molar-refractivity contribution in [3.63, 3.8) is 0 Å². The van der Waals surface area contributed by atoms with Crippen LogP contribution in [0, 0.1) is 13.8 Å². The highest BCUT2D eigenvalue weighted by Crippen LogP contribution is 2.24. The number of nitrogens with one attached hydrogen (secondary N) is 2. The van der Waals surface area contributed by atoms with Gasteiger partial charge in [0.05, 0.1) is 12.0 Å². The zero-order valence-corrected chi connectivity index (χ0v) is 17.1. The van der Waals surface area contributed by atoms with Crippen molar-refractivity contribution in [3.8, 4) is 0 Å². The molecule has 0 aliphatic heterocycles. The number of carbonyl (C=O) groups is 1. The lowest BCUT2D eigenvalue weighted by Gasteiger charge is -2.20. The largest absolute Gasteiger partial charge is 0.467 e. The van der Waals surface area contributed by atoms with Crippen LogP contribution in [0.1, 0.15) is 49.5 Å². The average Bonchev–Trinajstić information content (AvgIpc) is 3.25. The molecule has 0 spiro atoms. The Morgan fingerprint density at radius 3 is 2.43 bits per heavy atom. The van der Waals surface area contributed by atoms with Crippen molar-refractivity contribution in [1.29, 1.82) is 0 Å². The van der Waals surface area contributed by atoms with Gasteiger partial charge in [-0.05, 0) is 55.2 Å². The van der Waals surface area contributed by atoms with E-state index in [0.717, 1.165) is 22.8 Å². The fraction of sp³-hybridized carbons (Fsp3) is 0.364. The van der Waals surface area contributed by atoms with Crippen LogP contribution < -0.4 is 10.6 Å². The fourth-order valence-corrected chi connectivity index (χ4v) is 3.17. The van der Waals surface area contributed by atoms with E-state index in [1.165, 1.54) is 5.56 Å². The van der Waals surface area contributed by atoms with Crippen LogP contribution in [0.15, 0.2) is 53.1 Å². The highest BCUT2D eigenvalue weighted by molar-refractivity contribution is 5.89. The lowest BCUT2D eigenvalue weighted by Crippen LogP contribution is -2.35. The Balaban J connectivity index is 1.66. The third kappa shape index (κ3) is 4.63. The summed E-state index contributed by atoms with van der Waals surface area (Å²) in [4.78, 5) is 12.4. The van der Waals surface area contributed by atoms with Crippen LogP contribution >= 0.6 is 0 Å². The Morgan fingerprint density at radius 1 is 1.18 bits per heavy atom. The van der Waals surface area contributed by atoms with Gasteiger partial charge in [-0.3, -0.25) is 4.68 Å². The number of benzene rings is 1. The highest BCUT2D eigenvalue weighted by Gasteiger charge is 2.20. The number of urea groups is 1. The number of hydrogen-bond donors (Lipinski definition) is 2. The van der Waals surface area contributed by atoms with Gasteiger partial charge >= 0.3 is 6.03 Å². The van der Waals surface area contributed by atoms with Crippen molar-refractivity contribution in [3.05, 3.63) is 71.4 Å². The van der Waals surface area contributed by atoms with Gasteiger partial charge in [0.15, 0.2) is 0 Å². The van der Waals surface area contributed by atoms with Crippen LogP contribution in [-0.4, -0.2) is 22.4 Å². The smallest absolute Gasteiger partial charge is 0.319 e. The van der Waals surface area contributed by atoms with Crippen molar-refractivity contribution >= 4 is 11.7 Å². The number of hydrogen-bond acceptors (Lipinski definition) is 3. The molecule has 6 nitrogen and oxygen atoms in total. The van der Waals surface area contributed by atoms with Gasteiger partial charge in [0, 0.05) is 17.9 Å². The molecule has 0 fully saturated rings. The molecule has 0 aliphatic rings. The normalized spacial score (nSPS) is 12.6. The first-order valence-electron chi connectivity index (χ1n) is 9.45. The first-order valence-corrected chi connectivity index (χ1v) is 9.45. The van der Waals surface area contributed by atoms with E-state index in [-0.39, 0.29) is 17.5 Å². The van der Waals surface area contributed by atoms with Crippen molar-refractivity contribution in [2.24, 2.45) is 0 Å². The summed E-state index contributed by atoms with van der Waals surface area (Å²) >= 11 is 0. The number of furan rings is 1. The molecule has 6 heteroatoms. The monoisotopic (exact) mass is 380 g/mol. The minimum Gasteiger partial charge on any atom is -0.467 e. The SMILES string of the molecule is Cc1cc(C)n(C(CNC(=O)Nc2ccc(C(C)(C)C)cc2)c2ccco2)n1. The van der Waals surface area contributed by atoms with Crippen LogP contribution in [-0.2, 0) is 5.41 Å². The number of amides is 2. The van der Waals surface area contributed by atoms with E-state index in [1.807, 2.05) is 61.0 Å². The predicted molar refractivity (Wildman–Crippen MR) is 111 cm³/mol. The van der Waals surface area contributed by atoms with Gasteiger partial charge in [-0.25, -0.2) is 4.79 Å². The summed E-state index contributed by atoms with van der Waals surface area (Å²) in [6.45, 7) is 10.8. The first-order chi connectivity index (χ1) is 13.2. The molecular weight excluding hydrogens is 352 g/mol. The number of rotatable bonds is 5. The van der Waals surface area contributed by atoms with Gasteiger partial charge in [0.1, 0.15) is 11.8 Å². The zero-order valence-electron chi connectivity index (χ0n) is 17.1. The van der Waals surface area contributed by atoms with Crippen LogP contribution in [0.3, 0.4) is 0 Å². The molecule has 28 heavy (non-hydrogen) atoms. The molecule has 0 bridgehead atoms. The van der Waals surface area contributed by atoms with Crippen LogP contribution in [0.2, 0.25) is 0 Å². The number of aromatic nitrogens is 2. The van der Waals surface area contributed by atoms with Crippen LogP contribution in [0.25, 0.3) is 0 Å². The summed E-state index contributed by atoms with van der Waals surface area (Å²) in [5.74, 6) is 0.751. The Labute approximate surface area is 165 Å². The fourth-order valence-electron chi connectivity index (χ4n) is 3.17. The van der Waals surface area contributed by atoms with Gasteiger partial charge in [-0.15, -0.1) is 0 Å². The van der Waals surface area contributed by atoms with E-state index >= 15 is 0 Å². The number of aryl methyl sites for hydroxylation is 2. The molecule has 2 heterocycles. The summed E-state index contributed by atoms with van der Waals surface area (Å²) in [6.07, 6.45) is 1.63. The molecule has 1 aromatic carbocycles. The molecule has 0 saturated heterocycles. The van der Waals surface area contributed by atoms with E-state index in [1.54, 1.807) is 6.26 Å². The number of carbonyl (C=O) groups excluding carboxylic acids is 1. The molecule has 2 N–H and O–H groups in total. The topological polar surface area (TPSA) is 72.1 Å². The standard InChI is InChI=1S/C22H28N4O2/c1-15-13-16(2)26(25-15)19(20-7-6-12-28-20)14-23-21(27)24-18-10-8-17(9-11-18)22(3,4)5/h6-13,19H,14H2,1-5H3,(H2,23,24,27). The van der Waals surface area contributed by atoms with Crippen molar-refractivity contribution in [1.82, 2.24) is 15.1 Å². The second-order valence-electron chi connectivity index (χ2n) is 8.07. The molecule has 0 aliphatic carbocycles. The number of nitrogens with zero attached hydrogens (tertiary/aromatic N) is 2. The van der Waals surface area contributed by atoms with Crippen molar-refractivity contribution in [2.45, 2.75) is 46.1 Å². The second kappa shape index (κ2) is 7.92. The van der Waals surface area contributed by atoms with E-state index in [0.29, 0.717) is 6.54 Å². The van der Waals surface area contributed by atoms with Gasteiger partial charge in [-0.1, -0.05) is 32.9 Å². The molecule has 2 aromatic heterocycles. The first kappa shape index (κ1) is 19.7. The van der Waals surface area contributed by atoms with E-state index in [2.05, 4.69) is 36.5 Å². The van der Waals surface area contributed by atoms with Crippen LogP contribution in [0.4, 0.5) is 10.5 Å². The summed E-state index contributed by atoms with van der Waals surface area (Å²) in [5.41, 5.74) is 4.00.